The third-order valence-corrected chi connectivity index (χ3v) is 3.19. The van der Waals surface area contributed by atoms with Crippen LogP contribution in [0.4, 0.5) is 0 Å². The van der Waals surface area contributed by atoms with E-state index in [1.54, 1.807) is 18.2 Å². The van der Waals surface area contributed by atoms with E-state index in [9.17, 15) is 4.79 Å². The summed E-state index contributed by atoms with van der Waals surface area (Å²) in [5.74, 6) is 0.0316. The van der Waals surface area contributed by atoms with Crippen LogP contribution in [0.3, 0.4) is 0 Å². The van der Waals surface area contributed by atoms with Crippen molar-refractivity contribution in [2.45, 2.75) is 19.3 Å². The SMILES string of the molecule is O=C(c1cc(Cl)cc(Cl)c1)N1CCCCC1. The summed E-state index contributed by atoms with van der Waals surface area (Å²) in [5, 5.41) is 1.01. The lowest BCUT2D eigenvalue weighted by molar-refractivity contribution is 0.0724. The first-order chi connectivity index (χ1) is 7.66. The van der Waals surface area contributed by atoms with Crippen LogP contribution in [0.15, 0.2) is 18.2 Å². The number of piperidine rings is 1. The molecule has 1 aliphatic heterocycles. The number of likely N-dealkylation sites (tertiary alicyclic amines) is 1. The Balaban J connectivity index is 2.19. The van der Waals surface area contributed by atoms with Gasteiger partial charge in [0.1, 0.15) is 0 Å². The summed E-state index contributed by atoms with van der Waals surface area (Å²) < 4.78 is 0. The van der Waals surface area contributed by atoms with E-state index >= 15 is 0 Å². The first-order valence-corrected chi connectivity index (χ1v) is 6.18. The smallest absolute Gasteiger partial charge is 0.253 e. The van der Waals surface area contributed by atoms with Gasteiger partial charge >= 0.3 is 0 Å². The van der Waals surface area contributed by atoms with Crippen molar-refractivity contribution < 1.29 is 4.79 Å². The summed E-state index contributed by atoms with van der Waals surface area (Å²) in [5.41, 5.74) is 0.583. The van der Waals surface area contributed by atoms with Crippen molar-refractivity contribution >= 4 is 29.1 Å². The normalized spacial score (nSPS) is 16.2. The van der Waals surface area contributed by atoms with Crippen LogP contribution < -0.4 is 0 Å². The molecule has 2 nitrogen and oxygen atoms in total. The molecule has 1 aromatic carbocycles. The maximum absolute atomic E-state index is 12.1. The summed E-state index contributed by atoms with van der Waals surface area (Å²) in [6, 6.07) is 4.98. The van der Waals surface area contributed by atoms with Crippen molar-refractivity contribution in [3.63, 3.8) is 0 Å². The molecule has 0 N–H and O–H groups in total. The second-order valence-electron chi connectivity index (χ2n) is 4.01. The molecule has 1 aliphatic rings. The zero-order chi connectivity index (χ0) is 11.5. The maximum Gasteiger partial charge on any atom is 0.253 e. The molecular weight excluding hydrogens is 245 g/mol. The predicted octanol–water partition coefficient (Wildman–Crippen LogP) is 3.62. The largest absolute Gasteiger partial charge is 0.339 e. The highest BCUT2D eigenvalue weighted by atomic mass is 35.5. The molecule has 86 valence electrons. The molecule has 0 spiro atoms. The number of nitrogens with zero attached hydrogens (tertiary/aromatic N) is 1. The van der Waals surface area contributed by atoms with Crippen LogP contribution in [0.5, 0.6) is 0 Å². The summed E-state index contributed by atoms with van der Waals surface area (Å²) in [6.45, 7) is 1.67. The lowest BCUT2D eigenvalue weighted by atomic mass is 10.1. The van der Waals surface area contributed by atoms with Crippen molar-refractivity contribution in [2.24, 2.45) is 0 Å². The standard InChI is InChI=1S/C12H13Cl2NO/c13-10-6-9(7-11(14)8-10)12(16)15-4-2-1-3-5-15/h6-8H,1-5H2. The Hall–Kier alpha value is -0.730. The van der Waals surface area contributed by atoms with E-state index in [1.807, 2.05) is 4.90 Å². The number of amides is 1. The highest BCUT2D eigenvalue weighted by Gasteiger charge is 2.18. The minimum Gasteiger partial charge on any atom is -0.339 e. The van der Waals surface area contributed by atoms with Gasteiger partial charge in [-0.15, -0.1) is 0 Å². The summed E-state index contributed by atoms with van der Waals surface area (Å²) in [7, 11) is 0. The van der Waals surface area contributed by atoms with Crippen LogP contribution in [-0.2, 0) is 0 Å². The number of carbonyl (C=O) groups is 1. The zero-order valence-corrected chi connectivity index (χ0v) is 10.4. The Morgan fingerprint density at radius 3 is 2.12 bits per heavy atom. The van der Waals surface area contributed by atoms with E-state index in [1.165, 1.54) is 6.42 Å². The maximum atomic E-state index is 12.1. The minimum atomic E-state index is 0.0316. The van der Waals surface area contributed by atoms with Gasteiger partial charge in [0.25, 0.3) is 5.91 Å². The number of carbonyl (C=O) groups excluding carboxylic acids is 1. The molecule has 0 saturated carbocycles. The third-order valence-electron chi connectivity index (χ3n) is 2.75. The van der Waals surface area contributed by atoms with Crippen molar-refractivity contribution in [1.29, 1.82) is 0 Å². The van der Waals surface area contributed by atoms with Crippen LogP contribution in [0.2, 0.25) is 10.0 Å². The number of hydrogen-bond donors (Lipinski definition) is 0. The highest BCUT2D eigenvalue weighted by molar-refractivity contribution is 6.35. The molecule has 0 aromatic heterocycles. The van der Waals surface area contributed by atoms with Crippen molar-refractivity contribution in [3.05, 3.63) is 33.8 Å². The summed E-state index contributed by atoms with van der Waals surface area (Å²) >= 11 is 11.8. The molecular formula is C12H13Cl2NO. The van der Waals surface area contributed by atoms with E-state index in [0.29, 0.717) is 15.6 Å². The Morgan fingerprint density at radius 2 is 1.56 bits per heavy atom. The average Bonchev–Trinajstić information content (AvgIpc) is 2.28. The highest BCUT2D eigenvalue weighted by Crippen LogP contribution is 2.21. The Kier molecular flexibility index (Phi) is 3.72. The fourth-order valence-electron chi connectivity index (χ4n) is 1.96. The van der Waals surface area contributed by atoms with Gasteiger partial charge < -0.3 is 4.90 Å². The molecule has 0 atom stereocenters. The van der Waals surface area contributed by atoms with Crippen LogP contribution >= 0.6 is 23.2 Å². The van der Waals surface area contributed by atoms with Gasteiger partial charge in [-0.2, -0.15) is 0 Å². The number of halogens is 2. The molecule has 0 aliphatic carbocycles. The molecule has 1 fully saturated rings. The minimum absolute atomic E-state index is 0.0316. The first kappa shape index (κ1) is 11.7. The van der Waals surface area contributed by atoms with E-state index < -0.39 is 0 Å². The fraction of sp³-hybridized carbons (Fsp3) is 0.417. The average molecular weight is 258 g/mol. The van der Waals surface area contributed by atoms with Gasteiger partial charge in [-0.25, -0.2) is 0 Å². The van der Waals surface area contributed by atoms with Crippen LogP contribution in [0, 0.1) is 0 Å². The van der Waals surface area contributed by atoms with E-state index in [-0.39, 0.29) is 5.91 Å². The van der Waals surface area contributed by atoms with E-state index in [4.69, 9.17) is 23.2 Å². The molecule has 1 heterocycles. The van der Waals surface area contributed by atoms with Crippen LogP contribution in [0.25, 0.3) is 0 Å². The molecule has 4 heteroatoms. The van der Waals surface area contributed by atoms with Gasteiger partial charge in [0.2, 0.25) is 0 Å². The Bertz CT molecular complexity index is 380. The van der Waals surface area contributed by atoms with Gasteiger partial charge in [-0.05, 0) is 37.5 Å². The van der Waals surface area contributed by atoms with E-state index in [0.717, 1.165) is 25.9 Å². The van der Waals surface area contributed by atoms with Gasteiger partial charge in [0.15, 0.2) is 0 Å². The monoisotopic (exact) mass is 257 g/mol. The molecule has 1 amide bonds. The van der Waals surface area contributed by atoms with Gasteiger partial charge in [0, 0.05) is 28.7 Å². The lowest BCUT2D eigenvalue weighted by Gasteiger charge is -2.26. The molecule has 16 heavy (non-hydrogen) atoms. The summed E-state index contributed by atoms with van der Waals surface area (Å²) in [4.78, 5) is 14.0. The van der Waals surface area contributed by atoms with E-state index in [2.05, 4.69) is 0 Å². The van der Waals surface area contributed by atoms with Crippen molar-refractivity contribution in [1.82, 2.24) is 4.90 Å². The van der Waals surface area contributed by atoms with Gasteiger partial charge in [0.05, 0.1) is 0 Å². The van der Waals surface area contributed by atoms with Crippen LogP contribution in [-0.4, -0.2) is 23.9 Å². The fourth-order valence-corrected chi connectivity index (χ4v) is 2.48. The molecule has 0 radical (unpaired) electrons. The number of rotatable bonds is 1. The number of hydrogen-bond acceptors (Lipinski definition) is 1. The van der Waals surface area contributed by atoms with Crippen molar-refractivity contribution in [3.8, 4) is 0 Å². The first-order valence-electron chi connectivity index (χ1n) is 5.42. The Labute approximate surface area is 105 Å². The molecule has 1 saturated heterocycles. The molecule has 0 unspecified atom stereocenters. The zero-order valence-electron chi connectivity index (χ0n) is 8.88. The van der Waals surface area contributed by atoms with Crippen molar-refractivity contribution in [2.75, 3.05) is 13.1 Å². The van der Waals surface area contributed by atoms with Gasteiger partial charge in [-0.3, -0.25) is 4.79 Å². The van der Waals surface area contributed by atoms with Crippen LogP contribution in [0.1, 0.15) is 29.6 Å². The molecule has 0 bridgehead atoms. The topological polar surface area (TPSA) is 20.3 Å². The lowest BCUT2D eigenvalue weighted by Crippen LogP contribution is -2.35. The predicted molar refractivity (Wildman–Crippen MR) is 66.2 cm³/mol. The quantitative estimate of drug-likeness (QED) is 0.753. The van der Waals surface area contributed by atoms with Gasteiger partial charge in [-0.1, -0.05) is 23.2 Å². The molecule has 1 aromatic rings. The second-order valence-corrected chi connectivity index (χ2v) is 4.88. The number of benzene rings is 1. The molecule has 2 rings (SSSR count). The summed E-state index contributed by atoms with van der Waals surface area (Å²) in [6.07, 6.45) is 3.38. The Morgan fingerprint density at radius 1 is 1.00 bits per heavy atom. The third kappa shape index (κ3) is 2.69. The second kappa shape index (κ2) is 5.07.